The predicted octanol–water partition coefficient (Wildman–Crippen LogP) is 4.30. The summed E-state index contributed by atoms with van der Waals surface area (Å²) in [7, 11) is 6.86. The molecule has 0 saturated heterocycles. The van der Waals surface area contributed by atoms with Gasteiger partial charge >= 0.3 is 0 Å². The Hall–Kier alpha value is -0.0800. The molecule has 0 aromatic rings. The van der Waals surface area contributed by atoms with Gasteiger partial charge in [-0.1, -0.05) is 46.0 Å². The topological polar surface area (TPSA) is 15.3 Å². The molecule has 2 aliphatic rings. The van der Waals surface area contributed by atoms with E-state index in [-0.39, 0.29) is 0 Å². The highest BCUT2D eigenvalue weighted by Gasteiger charge is 2.45. The molecule has 2 nitrogen and oxygen atoms in total. The average Bonchev–Trinajstić information content (AvgIpc) is 2.70. The summed E-state index contributed by atoms with van der Waals surface area (Å²) in [4.78, 5) is 2.57. The standard InChI is InChI=1S/C19H38N2/c1-15-10-11-17(14-16(15)2)18(20-3)19(21(4)5)12-8-6-7-9-13-19/h15-18,20H,6-14H2,1-5H3. The van der Waals surface area contributed by atoms with Crippen molar-refractivity contribution in [3.05, 3.63) is 0 Å². The normalized spacial score (nSPS) is 35.4. The Morgan fingerprint density at radius 2 is 1.57 bits per heavy atom. The van der Waals surface area contributed by atoms with E-state index in [1.165, 1.54) is 57.8 Å². The molecule has 124 valence electrons. The van der Waals surface area contributed by atoms with Gasteiger partial charge in [0.25, 0.3) is 0 Å². The van der Waals surface area contributed by atoms with E-state index in [9.17, 15) is 0 Å². The summed E-state index contributed by atoms with van der Waals surface area (Å²) in [6.45, 7) is 4.92. The maximum atomic E-state index is 3.79. The van der Waals surface area contributed by atoms with E-state index in [2.05, 4.69) is 45.2 Å². The van der Waals surface area contributed by atoms with Crippen molar-refractivity contribution in [3.8, 4) is 0 Å². The highest BCUT2D eigenvalue weighted by molar-refractivity contribution is 5.03. The molecule has 0 bridgehead atoms. The van der Waals surface area contributed by atoms with Gasteiger partial charge in [-0.3, -0.25) is 0 Å². The van der Waals surface area contributed by atoms with Crippen LogP contribution in [0.15, 0.2) is 0 Å². The third-order valence-electron chi connectivity index (χ3n) is 6.86. The van der Waals surface area contributed by atoms with Crippen LogP contribution in [0.2, 0.25) is 0 Å². The van der Waals surface area contributed by atoms with Gasteiger partial charge in [-0.25, -0.2) is 0 Å². The zero-order chi connectivity index (χ0) is 15.5. The zero-order valence-corrected chi connectivity index (χ0v) is 15.1. The van der Waals surface area contributed by atoms with Crippen molar-refractivity contribution in [2.24, 2.45) is 17.8 Å². The van der Waals surface area contributed by atoms with Gasteiger partial charge in [0.1, 0.15) is 0 Å². The lowest BCUT2D eigenvalue weighted by Crippen LogP contribution is -2.61. The molecule has 2 fully saturated rings. The maximum Gasteiger partial charge on any atom is 0.0359 e. The van der Waals surface area contributed by atoms with Gasteiger partial charge in [0.2, 0.25) is 0 Å². The Labute approximate surface area is 133 Å². The van der Waals surface area contributed by atoms with Crippen LogP contribution in [0.4, 0.5) is 0 Å². The molecular weight excluding hydrogens is 256 g/mol. The smallest absolute Gasteiger partial charge is 0.0359 e. The Morgan fingerprint density at radius 1 is 0.952 bits per heavy atom. The Balaban J connectivity index is 2.19. The number of hydrogen-bond donors (Lipinski definition) is 1. The van der Waals surface area contributed by atoms with Crippen LogP contribution in [-0.4, -0.2) is 37.6 Å². The minimum absolute atomic E-state index is 0.385. The predicted molar refractivity (Wildman–Crippen MR) is 92.6 cm³/mol. The number of likely N-dealkylation sites (N-methyl/N-ethyl adjacent to an activating group) is 2. The third kappa shape index (κ3) is 3.64. The highest BCUT2D eigenvalue weighted by Crippen LogP contribution is 2.43. The molecule has 0 aromatic carbocycles. The van der Waals surface area contributed by atoms with Gasteiger partial charge < -0.3 is 10.2 Å². The molecule has 0 aromatic heterocycles. The van der Waals surface area contributed by atoms with E-state index in [0.717, 1.165) is 17.8 Å². The highest BCUT2D eigenvalue weighted by atomic mass is 15.2. The van der Waals surface area contributed by atoms with Gasteiger partial charge in [0.15, 0.2) is 0 Å². The summed E-state index contributed by atoms with van der Waals surface area (Å²) in [6.07, 6.45) is 12.7. The summed E-state index contributed by atoms with van der Waals surface area (Å²) < 4.78 is 0. The van der Waals surface area contributed by atoms with Crippen LogP contribution in [0.1, 0.15) is 71.6 Å². The SMILES string of the molecule is CNC(C1CCC(C)C(C)C1)C1(N(C)C)CCCCCC1. The van der Waals surface area contributed by atoms with E-state index in [1.54, 1.807) is 0 Å². The number of nitrogens with one attached hydrogen (secondary N) is 1. The number of nitrogens with zero attached hydrogens (tertiary/aromatic N) is 1. The van der Waals surface area contributed by atoms with Crippen LogP contribution in [0.5, 0.6) is 0 Å². The first-order chi connectivity index (χ1) is 10.0. The molecule has 4 unspecified atom stereocenters. The molecule has 2 saturated carbocycles. The van der Waals surface area contributed by atoms with Crippen LogP contribution >= 0.6 is 0 Å². The minimum Gasteiger partial charge on any atom is -0.315 e. The lowest BCUT2D eigenvalue weighted by atomic mass is 9.67. The molecule has 2 heteroatoms. The quantitative estimate of drug-likeness (QED) is 0.778. The van der Waals surface area contributed by atoms with E-state index < -0.39 is 0 Å². The van der Waals surface area contributed by atoms with Crippen molar-refractivity contribution in [2.75, 3.05) is 21.1 Å². The lowest BCUT2D eigenvalue weighted by molar-refractivity contribution is 0.0326. The van der Waals surface area contributed by atoms with Crippen LogP contribution in [0.3, 0.4) is 0 Å². The zero-order valence-electron chi connectivity index (χ0n) is 15.1. The molecule has 0 aliphatic heterocycles. The van der Waals surface area contributed by atoms with Gasteiger partial charge in [0.05, 0.1) is 0 Å². The van der Waals surface area contributed by atoms with E-state index in [1.807, 2.05) is 0 Å². The summed E-state index contributed by atoms with van der Waals surface area (Å²) >= 11 is 0. The van der Waals surface area contributed by atoms with Crippen LogP contribution in [0, 0.1) is 17.8 Å². The summed E-state index contributed by atoms with van der Waals surface area (Å²) in [6, 6.07) is 0.667. The first kappa shape index (κ1) is 17.3. The maximum absolute atomic E-state index is 3.79. The first-order valence-corrected chi connectivity index (χ1v) is 9.36. The molecule has 2 aliphatic carbocycles. The van der Waals surface area contributed by atoms with Gasteiger partial charge in [-0.15, -0.1) is 0 Å². The molecule has 4 atom stereocenters. The van der Waals surface area contributed by atoms with Crippen LogP contribution in [0.25, 0.3) is 0 Å². The second-order valence-electron chi connectivity index (χ2n) is 8.21. The fourth-order valence-electron chi connectivity index (χ4n) is 5.21. The van der Waals surface area contributed by atoms with Crippen LogP contribution < -0.4 is 5.32 Å². The van der Waals surface area contributed by atoms with Crippen molar-refractivity contribution >= 4 is 0 Å². The Kier molecular flexibility index (Phi) is 6.14. The largest absolute Gasteiger partial charge is 0.315 e. The summed E-state index contributed by atoms with van der Waals surface area (Å²) in [5.41, 5.74) is 0.385. The monoisotopic (exact) mass is 294 g/mol. The van der Waals surface area contributed by atoms with Crippen LogP contribution in [-0.2, 0) is 0 Å². The van der Waals surface area contributed by atoms with Crippen molar-refractivity contribution in [2.45, 2.75) is 83.2 Å². The summed E-state index contributed by atoms with van der Waals surface area (Å²) in [5, 5.41) is 3.79. The van der Waals surface area contributed by atoms with E-state index in [4.69, 9.17) is 0 Å². The fourth-order valence-corrected chi connectivity index (χ4v) is 5.21. The molecule has 0 radical (unpaired) electrons. The lowest BCUT2D eigenvalue weighted by Gasteiger charge is -2.51. The van der Waals surface area contributed by atoms with Crippen molar-refractivity contribution in [3.63, 3.8) is 0 Å². The molecule has 1 N–H and O–H groups in total. The second kappa shape index (κ2) is 7.46. The third-order valence-corrected chi connectivity index (χ3v) is 6.86. The summed E-state index contributed by atoms with van der Waals surface area (Å²) in [5.74, 6) is 2.68. The molecule has 0 heterocycles. The van der Waals surface area contributed by atoms with Crippen molar-refractivity contribution < 1.29 is 0 Å². The fraction of sp³-hybridized carbons (Fsp3) is 1.00. The average molecular weight is 295 g/mol. The van der Waals surface area contributed by atoms with E-state index >= 15 is 0 Å². The van der Waals surface area contributed by atoms with Gasteiger partial charge in [-0.05, 0) is 64.6 Å². The molecule has 0 amide bonds. The Morgan fingerprint density at radius 3 is 2.05 bits per heavy atom. The molecule has 0 spiro atoms. The molecule has 2 rings (SSSR count). The van der Waals surface area contributed by atoms with Gasteiger partial charge in [0, 0.05) is 11.6 Å². The molecular formula is C19H38N2. The molecule has 21 heavy (non-hydrogen) atoms. The number of hydrogen-bond acceptors (Lipinski definition) is 2. The van der Waals surface area contributed by atoms with E-state index in [0.29, 0.717) is 11.6 Å². The number of rotatable bonds is 4. The minimum atomic E-state index is 0.385. The van der Waals surface area contributed by atoms with Gasteiger partial charge in [-0.2, -0.15) is 0 Å². The van der Waals surface area contributed by atoms with Crippen molar-refractivity contribution in [1.29, 1.82) is 0 Å². The second-order valence-corrected chi connectivity index (χ2v) is 8.21. The first-order valence-electron chi connectivity index (χ1n) is 9.36. The Bertz CT molecular complexity index is 305. The van der Waals surface area contributed by atoms with Crippen molar-refractivity contribution in [1.82, 2.24) is 10.2 Å².